The molecule has 1 saturated heterocycles. The molecular formula is C17H23ClN2O4. The van der Waals surface area contributed by atoms with Crippen LogP contribution in [0.15, 0.2) is 18.2 Å². The van der Waals surface area contributed by atoms with Gasteiger partial charge in [-0.3, -0.25) is 9.59 Å². The highest BCUT2D eigenvalue weighted by atomic mass is 35.5. The van der Waals surface area contributed by atoms with Crippen LogP contribution in [-0.4, -0.2) is 48.1 Å². The van der Waals surface area contributed by atoms with E-state index in [0.717, 1.165) is 12.1 Å². The number of nitrogens with one attached hydrogen (secondary N) is 1. The van der Waals surface area contributed by atoms with E-state index in [1.165, 1.54) is 0 Å². The summed E-state index contributed by atoms with van der Waals surface area (Å²) in [5.74, 6) is -0.698. The van der Waals surface area contributed by atoms with Gasteiger partial charge >= 0.3 is 5.97 Å². The standard InChI is InChI=1S/C17H23ClN2O4/c1-11-13(17(22)23)4-3-9-20(11)16(21)7-8-19-14-10-12(18)5-6-15(14)24-2/h5-6,10-11,13,19H,3-4,7-9H2,1-2H3,(H,22,23)/t11-,13-/m0/s1. The Morgan fingerprint density at radius 1 is 1.46 bits per heavy atom. The van der Waals surface area contributed by atoms with Gasteiger partial charge in [0, 0.05) is 30.6 Å². The van der Waals surface area contributed by atoms with Gasteiger partial charge in [-0.25, -0.2) is 0 Å². The number of carboxylic acid groups (broad SMARTS) is 1. The van der Waals surface area contributed by atoms with Gasteiger partial charge in [0.2, 0.25) is 5.91 Å². The van der Waals surface area contributed by atoms with Gasteiger partial charge < -0.3 is 20.1 Å². The summed E-state index contributed by atoms with van der Waals surface area (Å²) in [7, 11) is 1.57. The molecule has 132 valence electrons. The third kappa shape index (κ3) is 4.32. The second kappa shape index (κ2) is 8.24. The summed E-state index contributed by atoms with van der Waals surface area (Å²) in [4.78, 5) is 25.4. The molecule has 0 saturated carbocycles. The lowest BCUT2D eigenvalue weighted by molar-refractivity contribution is -0.149. The average Bonchev–Trinajstić information content (AvgIpc) is 2.54. The van der Waals surface area contributed by atoms with Crippen molar-refractivity contribution in [3.8, 4) is 5.75 Å². The second-order valence-corrected chi connectivity index (χ2v) is 6.37. The topological polar surface area (TPSA) is 78.9 Å². The summed E-state index contributed by atoms with van der Waals surface area (Å²) >= 11 is 5.98. The number of ether oxygens (including phenoxy) is 1. The molecule has 6 nitrogen and oxygen atoms in total. The molecule has 24 heavy (non-hydrogen) atoms. The van der Waals surface area contributed by atoms with Gasteiger partial charge in [0.25, 0.3) is 0 Å². The van der Waals surface area contributed by atoms with Gasteiger partial charge in [-0.05, 0) is 38.0 Å². The lowest BCUT2D eigenvalue weighted by Gasteiger charge is -2.37. The Labute approximate surface area is 146 Å². The summed E-state index contributed by atoms with van der Waals surface area (Å²) in [6, 6.07) is 4.97. The summed E-state index contributed by atoms with van der Waals surface area (Å²) < 4.78 is 5.25. The molecule has 0 spiro atoms. The number of halogens is 1. The molecule has 1 fully saturated rings. The van der Waals surface area contributed by atoms with Crippen LogP contribution in [0.3, 0.4) is 0 Å². The molecule has 1 aliphatic rings. The Morgan fingerprint density at radius 3 is 2.88 bits per heavy atom. The number of anilines is 1. The molecule has 1 amide bonds. The van der Waals surface area contributed by atoms with Gasteiger partial charge in [-0.2, -0.15) is 0 Å². The quantitative estimate of drug-likeness (QED) is 0.821. The fraction of sp³-hybridized carbons (Fsp3) is 0.529. The normalized spacial score (nSPS) is 20.5. The van der Waals surface area contributed by atoms with Crippen molar-refractivity contribution in [2.75, 3.05) is 25.5 Å². The van der Waals surface area contributed by atoms with Crippen molar-refractivity contribution >= 4 is 29.2 Å². The zero-order valence-electron chi connectivity index (χ0n) is 13.9. The van der Waals surface area contributed by atoms with E-state index in [9.17, 15) is 14.7 Å². The molecule has 7 heteroatoms. The van der Waals surface area contributed by atoms with Crippen LogP contribution in [0.25, 0.3) is 0 Å². The first kappa shape index (κ1) is 18.4. The average molecular weight is 355 g/mol. The molecular weight excluding hydrogens is 332 g/mol. The van der Waals surface area contributed by atoms with E-state index in [2.05, 4.69) is 5.32 Å². The molecule has 2 rings (SSSR count). The van der Waals surface area contributed by atoms with Crippen LogP contribution in [0.2, 0.25) is 5.02 Å². The molecule has 2 N–H and O–H groups in total. The Balaban J connectivity index is 1.91. The Morgan fingerprint density at radius 2 is 2.21 bits per heavy atom. The molecule has 0 aromatic heterocycles. The van der Waals surface area contributed by atoms with Crippen molar-refractivity contribution < 1.29 is 19.4 Å². The fourth-order valence-electron chi connectivity index (χ4n) is 3.09. The van der Waals surface area contributed by atoms with Crippen molar-refractivity contribution in [3.63, 3.8) is 0 Å². The molecule has 0 bridgehead atoms. The molecule has 1 aromatic carbocycles. The highest BCUT2D eigenvalue weighted by molar-refractivity contribution is 6.30. The number of hydrogen-bond donors (Lipinski definition) is 2. The lowest BCUT2D eigenvalue weighted by atomic mass is 9.90. The minimum Gasteiger partial charge on any atom is -0.495 e. The number of carbonyl (C=O) groups excluding carboxylic acids is 1. The molecule has 1 aromatic rings. The summed E-state index contributed by atoms with van der Waals surface area (Å²) in [5.41, 5.74) is 0.730. The van der Waals surface area contributed by atoms with Crippen molar-refractivity contribution in [2.24, 2.45) is 5.92 Å². The lowest BCUT2D eigenvalue weighted by Crippen LogP contribution is -2.49. The minimum atomic E-state index is -0.832. The SMILES string of the molecule is COc1ccc(Cl)cc1NCCC(=O)N1CCC[C@H](C(=O)O)[C@@H]1C. The summed E-state index contributed by atoms with van der Waals surface area (Å²) in [6.45, 7) is 2.85. The monoisotopic (exact) mass is 354 g/mol. The van der Waals surface area contributed by atoms with Gasteiger partial charge in [-0.1, -0.05) is 11.6 Å². The van der Waals surface area contributed by atoms with Gasteiger partial charge in [0.15, 0.2) is 0 Å². The van der Waals surface area contributed by atoms with E-state index in [0.29, 0.717) is 30.3 Å². The van der Waals surface area contributed by atoms with Crippen LogP contribution in [-0.2, 0) is 9.59 Å². The zero-order valence-corrected chi connectivity index (χ0v) is 14.7. The minimum absolute atomic E-state index is 0.0399. The van der Waals surface area contributed by atoms with Crippen LogP contribution >= 0.6 is 11.6 Å². The number of methoxy groups -OCH3 is 1. The van der Waals surface area contributed by atoms with E-state index in [4.69, 9.17) is 16.3 Å². The van der Waals surface area contributed by atoms with Gasteiger partial charge in [0.05, 0.1) is 18.7 Å². The molecule has 0 aliphatic carbocycles. The number of benzene rings is 1. The first-order valence-corrected chi connectivity index (χ1v) is 8.41. The predicted octanol–water partition coefficient (Wildman–Crippen LogP) is 2.86. The van der Waals surface area contributed by atoms with Crippen molar-refractivity contribution in [1.82, 2.24) is 4.90 Å². The number of aliphatic carboxylic acids is 1. The van der Waals surface area contributed by atoms with E-state index >= 15 is 0 Å². The van der Waals surface area contributed by atoms with Crippen LogP contribution in [0.4, 0.5) is 5.69 Å². The van der Waals surface area contributed by atoms with E-state index < -0.39 is 11.9 Å². The first-order chi connectivity index (χ1) is 11.4. The maximum absolute atomic E-state index is 12.4. The molecule has 2 atom stereocenters. The Bertz CT molecular complexity index is 608. The summed E-state index contributed by atoms with van der Waals surface area (Å²) in [6.07, 6.45) is 1.63. The van der Waals surface area contributed by atoms with E-state index in [1.807, 2.05) is 6.92 Å². The maximum Gasteiger partial charge on any atom is 0.308 e. The smallest absolute Gasteiger partial charge is 0.308 e. The summed E-state index contributed by atoms with van der Waals surface area (Å²) in [5, 5.41) is 13.0. The van der Waals surface area contributed by atoms with Crippen LogP contribution in [0.5, 0.6) is 5.75 Å². The highest BCUT2D eigenvalue weighted by Gasteiger charge is 2.34. The van der Waals surface area contributed by atoms with Gasteiger partial charge in [0.1, 0.15) is 5.75 Å². The number of rotatable bonds is 6. The number of likely N-dealkylation sites (tertiary alicyclic amines) is 1. The first-order valence-electron chi connectivity index (χ1n) is 8.03. The fourth-order valence-corrected chi connectivity index (χ4v) is 3.26. The molecule has 0 radical (unpaired) electrons. The van der Waals surface area contributed by atoms with E-state index in [1.54, 1.807) is 30.2 Å². The van der Waals surface area contributed by atoms with E-state index in [-0.39, 0.29) is 18.4 Å². The van der Waals surface area contributed by atoms with Crippen molar-refractivity contribution in [1.29, 1.82) is 0 Å². The Hall–Kier alpha value is -1.95. The number of hydrogen-bond acceptors (Lipinski definition) is 4. The van der Waals surface area contributed by atoms with Crippen molar-refractivity contribution in [2.45, 2.75) is 32.2 Å². The molecule has 0 unspecified atom stereocenters. The Kier molecular flexibility index (Phi) is 6.31. The van der Waals surface area contributed by atoms with Crippen LogP contribution in [0.1, 0.15) is 26.2 Å². The molecule has 1 aliphatic heterocycles. The number of amides is 1. The third-order valence-electron chi connectivity index (χ3n) is 4.44. The zero-order chi connectivity index (χ0) is 17.7. The highest BCUT2D eigenvalue weighted by Crippen LogP contribution is 2.28. The number of carboxylic acids is 1. The number of nitrogens with zero attached hydrogens (tertiary/aromatic N) is 1. The predicted molar refractivity (Wildman–Crippen MR) is 92.6 cm³/mol. The van der Waals surface area contributed by atoms with Crippen molar-refractivity contribution in [3.05, 3.63) is 23.2 Å². The second-order valence-electron chi connectivity index (χ2n) is 5.94. The number of carbonyl (C=O) groups is 2. The largest absolute Gasteiger partial charge is 0.495 e. The third-order valence-corrected chi connectivity index (χ3v) is 4.68. The maximum atomic E-state index is 12.4. The van der Waals surface area contributed by atoms with Gasteiger partial charge in [-0.15, -0.1) is 0 Å². The number of piperidine rings is 1. The molecule has 1 heterocycles. The van der Waals surface area contributed by atoms with Crippen LogP contribution in [0, 0.1) is 5.92 Å². The van der Waals surface area contributed by atoms with Crippen LogP contribution < -0.4 is 10.1 Å².